The quantitative estimate of drug-likeness (QED) is 0.214. The van der Waals surface area contributed by atoms with Gasteiger partial charge in [0.15, 0.2) is 0 Å². The third-order valence-corrected chi connectivity index (χ3v) is 0. The summed E-state index contributed by atoms with van der Waals surface area (Å²) in [7, 11) is -0.0417. The van der Waals surface area contributed by atoms with Gasteiger partial charge in [-0.25, -0.2) is 0 Å². The smallest absolute Gasteiger partial charge is 1.00 e. The molecule has 0 aromatic heterocycles. The first-order valence-electron chi connectivity index (χ1n) is 0.717. The molecule has 0 aliphatic carbocycles. The van der Waals surface area contributed by atoms with Crippen LogP contribution >= 0.6 is 85.4 Å². The van der Waals surface area contributed by atoms with E-state index in [4.69, 9.17) is 0 Å². The molecule has 0 aromatic carbocycles. The molecule has 0 fully saturated rings. The minimum Gasteiger partial charge on any atom is 1.00 e. The van der Waals surface area contributed by atoms with E-state index in [1.165, 1.54) is 0 Å². The van der Waals surface area contributed by atoms with E-state index >= 15 is 0 Å². The van der Waals surface area contributed by atoms with Gasteiger partial charge >= 0.3 is 161 Å². The van der Waals surface area contributed by atoms with Crippen LogP contribution in [-0.4, -0.2) is 0 Å². The molecule has 12 heteroatoms. The zero-order valence-corrected chi connectivity index (χ0v) is 24.3. The van der Waals surface area contributed by atoms with Crippen LogP contribution in [0.5, 0.6) is 0 Å². The maximum atomic E-state index is 3.15. The molecule has 0 aromatic rings. The summed E-state index contributed by atoms with van der Waals surface area (Å²) < 4.78 is 0. The van der Waals surface area contributed by atoms with E-state index < -0.39 is 0 Å². The molecule has 0 spiro atoms. The van der Waals surface area contributed by atoms with Gasteiger partial charge in [0.1, 0.15) is 0 Å². The summed E-state index contributed by atoms with van der Waals surface area (Å²) in [5, 5.41) is 0. The average molecular weight is 803 g/mol. The maximum absolute atomic E-state index is 3.15. The van der Waals surface area contributed by atoms with Gasteiger partial charge in [-0.1, -0.05) is 0 Å². The van der Waals surface area contributed by atoms with E-state index in [1.54, 1.807) is 0 Å². The fourth-order valence-corrected chi connectivity index (χ4v) is 0. The van der Waals surface area contributed by atoms with E-state index in [2.05, 4.69) is 85.4 Å². The van der Waals surface area contributed by atoms with Crippen LogP contribution < -0.4 is 93.1 Å². The molecule has 12 heavy (non-hydrogen) atoms. The molecule has 0 saturated heterocycles. The van der Waals surface area contributed by atoms with Crippen LogP contribution in [-0.2, 0) is 16.2 Å². The van der Waals surface area contributed by atoms with Gasteiger partial charge in [-0.2, -0.15) is 0 Å². The van der Waals surface area contributed by atoms with Gasteiger partial charge < -0.3 is 34.0 Å². The second kappa shape index (κ2) is 30.7. The summed E-state index contributed by atoms with van der Waals surface area (Å²) in [6.07, 6.45) is 0. The molecule has 0 aliphatic heterocycles. The van der Waals surface area contributed by atoms with Gasteiger partial charge in [0.25, 0.3) is 0 Å². The van der Waals surface area contributed by atoms with Gasteiger partial charge in [0.2, 0.25) is 0 Å². The van der Waals surface area contributed by atoms with Gasteiger partial charge in [-0.15, -0.1) is 0 Å². The molecule has 0 aliphatic rings. The molecule has 0 nitrogen and oxygen atoms in total. The molecule has 0 unspecified atom stereocenters. The maximum Gasteiger partial charge on any atom is 1.00 e. The first kappa shape index (κ1) is 36.4. The third-order valence-electron chi connectivity index (χ3n) is 0. The Hall–Kier alpha value is 6.83. The summed E-state index contributed by atoms with van der Waals surface area (Å²) in [4.78, 5) is 0. The predicted octanol–water partition coefficient (Wildman–Crippen LogP) is -6.92. The van der Waals surface area contributed by atoms with Crippen LogP contribution in [0.15, 0.2) is 0 Å². The Bertz CT molecular complexity index is 30.5. The molecule has 0 N–H and O–H groups in total. The van der Waals surface area contributed by atoms with Crippen molar-refractivity contribution < 1.29 is 109 Å². The van der Waals surface area contributed by atoms with Crippen molar-refractivity contribution in [1.29, 1.82) is 0 Å². The summed E-state index contributed by atoms with van der Waals surface area (Å²) >= 11 is 18.9. The van der Waals surface area contributed by atoms with Gasteiger partial charge in [0, 0.05) is 0 Å². The molecule has 0 radical (unpaired) electrons. The van der Waals surface area contributed by atoms with Crippen molar-refractivity contribution in [2.24, 2.45) is 0 Å². The molecule has 0 saturated carbocycles. The molecule has 0 amide bonds. The normalized spacial score (nSPS) is 7.50. The topological polar surface area (TPSA) is 0 Å². The SMILES string of the molecule is [Br-].[Br-].[Br][Ni]([Br])[Br].[Br][Ni]([Br])[Br].[Na+].[Na+]. The summed E-state index contributed by atoms with van der Waals surface area (Å²) in [5.74, 6) is 0. The summed E-state index contributed by atoms with van der Waals surface area (Å²) in [5.41, 5.74) is 0. The Kier molecular flexibility index (Phi) is 93.0. The number of halogens is 8. The van der Waals surface area contributed by atoms with Crippen molar-refractivity contribution >= 4 is 85.4 Å². The van der Waals surface area contributed by atoms with Crippen molar-refractivity contribution in [3.05, 3.63) is 0 Å². The second-order valence-corrected chi connectivity index (χ2v) is 30.2. The van der Waals surface area contributed by atoms with Crippen LogP contribution in [0.4, 0.5) is 0 Å². The average Bonchev–Trinajstić information content (AvgIpc) is 1.25. The van der Waals surface area contributed by atoms with Crippen molar-refractivity contribution in [3.63, 3.8) is 0 Å². The van der Waals surface area contributed by atoms with E-state index in [0.717, 1.165) is 0 Å². The Morgan fingerprint density at radius 1 is 0.500 bits per heavy atom. The molecule has 0 heterocycles. The van der Waals surface area contributed by atoms with Crippen molar-refractivity contribution in [2.45, 2.75) is 0 Å². The van der Waals surface area contributed by atoms with Crippen molar-refractivity contribution in [2.75, 3.05) is 0 Å². The largest absolute Gasteiger partial charge is 1.00 e. The van der Waals surface area contributed by atoms with E-state index in [1.807, 2.05) is 0 Å². The van der Waals surface area contributed by atoms with E-state index in [9.17, 15) is 0 Å². The van der Waals surface area contributed by atoms with Crippen LogP contribution in [0.3, 0.4) is 0 Å². The zero-order valence-electron chi connectivity index (χ0n) is 5.66. The van der Waals surface area contributed by atoms with Gasteiger partial charge in [-0.05, 0) is 0 Å². The fraction of sp³-hybridized carbons (Fsp3) is 0. The fourth-order valence-electron chi connectivity index (χ4n) is 0. The molecule has 78 valence electrons. The van der Waals surface area contributed by atoms with E-state index in [-0.39, 0.29) is 109 Å². The Labute approximate surface area is 189 Å². The molecule has 0 rings (SSSR count). The molecule has 0 atom stereocenters. The monoisotopic (exact) mass is 793 g/mol. The summed E-state index contributed by atoms with van der Waals surface area (Å²) in [6.45, 7) is 0. The third kappa shape index (κ3) is 90.4. The standard InChI is InChI=1S/8BrH.2Na.2Ni/h8*1H;;;;/q;;;;;;;;2*+1;2*+3/p-8. The van der Waals surface area contributed by atoms with Gasteiger partial charge in [-0.3, -0.25) is 0 Å². The Morgan fingerprint density at radius 3 is 0.500 bits per heavy atom. The first-order chi connectivity index (χ1) is 3.46. The summed E-state index contributed by atoms with van der Waals surface area (Å²) in [6, 6.07) is 0. The molecular formula is Br8Na2Ni2. The van der Waals surface area contributed by atoms with E-state index in [0.29, 0.717) is 0 Å². The van der Waals surface area contributed by atoms with Crippen molar-refractivity contribution in [1.82, 2.24) is 0 Å². The number of hydrogen-bond acceptors (Lipinski definition) is 0. The minimum absolute atomic E-state index is 0. The second-order valence-electron chi connectivity index (χ2n) is 0.271. The van der Waals surface area contributed by atoms with Gasteiger partial charge in [0.05, 0.1) is 0 Å². The molecule has 0 bridgehead atoms. The zero-order chi connectivity index (χ0) is 7.15. The molecular weight excluding hydrogens is 803 g/mol. The van der Waals surface area contributed by atoms with Crippen LogP contribution in [0.2, 0.25) is 0 Å². The number of hydrogen-bond donors (Lipinski definition) is 0. The predicted molar refractivity (Wildman–Crippen MR) is 53.6 cm³/mol. The minimum atomic E-state index is -0.0208. The Morgan fingerprint density at radius 2 is 0.500 bits per heavy atom. The van der Waals surface area contributed by atoms with Crippen LogP contribution in [0.25, 0.3) is 0 Å². The van der Waals surface area contributed by atoms with Crippen LogP contribution in [0.1, 0.15) is 0 Å². The van der Waals surface area contributed by atoms with Crippen molar-refractivity contribution in [3.8, 4) is 0 Å². The number of rotatable bonds is 0. The Balaban J connectivity index is -0.0000000112. The van der Waals surface area contributed by atoms with Crippen LogP contribution in [0, 0.1) is 0 Å². The first-order valence-corrected chi connectivity index (χ1v) is 15.4.